The van der Waals surface area contributed by atoms with Crippen molar-refractivity contribution >= 4 is 11.6 Å². The van der Waals surface area contributed by atoms with E-state index < -0.39 is 42.5 Å². The lowest BCUT2D eigenvalue weighted by Crippen LogP contribution is -2.21. The lowest BCUT2D eigenvalue weighted by molar-refractivity contribution is -0.117. The highest BCUT2D eigenvalue weighted by Gasteiger charge is 2.22. The number of nitrogens with zero attached hydrogens (tertiary/aromatic N) is 4. The summed E-state index contributed by atoms with van der Waals surface area (Å²) in [6, 6.07) is 6.47. The van der Waals surface area contributed by atoms with E-state index in [0.29, 0.717) is 16.3 Å². The number of anilines is 1. The van der Waals surface area contributed by atoms with E-state index in [0.717, 1.165) is 0 Å². The number of halogens is 5. The lowest BCUT2D eigenvalue weighted by atomic mass is 10.2. The van der Waals surface area contributed by atoms with E-state index in [9.17, 15) is 26.7 Å². The second kappa shape index (κ2) is 8.19. The number of hydrogen-bond acceptors (Lipinski definition) is 3. The predicted molar refractivity (Wildman–Crippen MR) is 88.5 cm³/mol. The summed E-state index contributed by atoms with van der Waals surface area (Å²) in [5, 5.41) is 9.79. The smallest absolute Gasteiger partial charge is 0.282 e. The Kier molecular flexibility index (Phi) is 5.71. The Hall–Kier alpha value is -3.24. The molecule has 6 nitrogen and oxygen atoms in total. The first-order valence-corrected chi connectivity index (χ1v) is 8.02. The summed E-state index contributed by atoms with van der Waals surface area (Å²) in [4.78, 5) is 12.1. The van der Waals surface area contributed by atoms with Crippen LogP contribution >= 0.6 is 0 Å². The van der Waals surface area contributed by atoms with Crippen LogP contribution in [0.5, 0.6) is 0 Å². The van der Waals surface area contributed by atoms with Gasteiger partial charge in [0.25, 0.3) is 12.9 Å². The molecule has 0 aliphatic rings. The van der Waals surface area contributed by atoms with Gasteiger partial charge >= 0.3 is 0 Å². The van der Waals surface area contributed by atoms with Crippen LogP contribution in [0.15, 0.2) is 42.7 Å². The highest BCUT2D eigenvalue weighted by Crippen LogP contribution is 2.25. The molecule has 0 aliphatic heterocycles. The van der Waals surface area contributed by atoms with Gasteiger partial charge < -0.3 is 5.32 Å². The molecule has 1 amide bonds. The molecule has 0 unspecified atom stereocenters. The summed E-state index contributed by atoms with van der Waals surface area (Å²) in [5.74, 6) is -1.13. The summed E-state index contributed by atoms with van der Waals surface area (Å²) >= 11 is 0. The Morgan fingerprint density at radius 3 is 2.61 bits per heavy atom. The zero-order valence-corrected chi connectivity index (χ0v) is 14.2. The average molecular weight is 399 g/mol. The molecule has 0 atom stereocenters. The second-order valence-corrected chi connectivity index (χ2v) is 5.86. The van der Waals surface area contributed by atoms with Gasteiger partial charge in [-0.1, -0.05) is 12.1 Å². The molecule has 2 heterocycles. The maximum absolute atomic E-state index is 13.2. The topological polar surface area (TPSA) is 64.7 Å². The van der Waals surface area contributed by atoms with E-state index in [1.165, 1.54) is 29.2 Å². The van der Waals surface area contributed by atoms with Gasteiger partial charge in [-0.2, -0.15) is 10.2 Å². The minimum atomic E-state index is -3.05. The molecule has 1 aromatic carbocycles. The average Bonchev–Trinajstić information content (AvgIpc) is 3.22. The first-order chi connectivity index (χ1) is 13.3. The Morgan fingerprint density at radius 2 is 1.93 bits per heavy atom. The summed E-state index contributed by atoms with van der Waals surface area (Å²) in [6.45, 7) is -0.415. The highest BCUT2D eigenvalue weighted by atomic mass is 19.3. The third-order valence-electron chi connectivity index (χ3n) is 3.72. The minimum absolute atomic E-state index is 0.250. The molecule has 0 bridgehead atoms. The van der Waals surface area contributed by atoms with Crippen molar-refractivity contribution < 1.29 is 26.7 Å². The molecular formula is C17H14F5N5O. The Morgan fingerprint density at radius 1 is 1.14 bits per heavy atom. The molecule has 0 fully saturated rings. The first kappa shape index (κ1) is 19.5. The van der Waals surface area contributed by atoms with Crippen LogP contribution in [-0.2, 0) is 17.9 Å². The molecule has 3 aromatic rings. The molecule has 0 saturated carbocycles. The molecule has 0 aliphatic carbocycles. The zero-order chi connectivity index (χ0) is 20.3. The number of alkyl halides is 4. The molecule has 1 N–H and O–H groups in total. The molecule has 0 radical (unpaired) electrons. The fourth-order valence-electron chi connectivity index (χ4n) is 2.53. The number of carbonyl (C=O) groups excluding carboxylic acids is 1. The molecule has 2 aromatic heterocycles. The number of benzene rings is 1. The van der Waals surface area contributed by atoms with Gasteiger partial charge in [0.2, 0.25) is 5.91 Å². The Labute approximate surface area is 155 Å². The van der Waals surface area contributed by atoms with Crippen molar-refractivity contribution in [3.8, 4) is 0 Å². The molecule has 3 rings (SSSR count). The van der Waals surface area contributed by atoms with E-state index in [4.69, 9.17) is 0 Å². The van der Waals surface area contributed by atoms with E-state index >= 15 is 0 Å². The standard InChI is InChI=1S/C17H14F5N5O/c18-11-3-1-2-10(4-11)7-26-8-12(6-23-26)24-15(28)9-27-14(17(21)22)5-13(25-27)16(19)20/h1-6,8,16-17H,7,9H2,(H,24,28). The fraction of sp³-hybridized carbons (Fsp3) is 0.235. The fourth-order valence-corrected chi connectivity index (χ4v) is 2.53. The van der Waals surface area contributed by atoms with Crippen molar-refractivity contribution in [3.63, 3.8) is 0 Å². The Balaban J connectivity index is 1.65. The zero-order valence-electron chi connectivity index (χ0n) is 14.2. The number of aromatic nitrogens is 4. The summed E-state index contributed by atoms with van der Waals surface area (Å²) < 4.78 is 66.4. The van der Waals surface area contributed by atoms with Crippen LogP contribution in [0.2, 0.25) is 0 Å². The minimum Gasteiger partial charge on any atom is -0.322 e. The van der Waals surface area contributed by atoms with Gasteiger partial charge in [0.1, 0.15) is 23.7 Å². The summed E-state index contributed by atoms with van der Waals surface area (Å²) in [7, 11) is 0. The normalized spacial score (nSPS) is 11.4. The number of hydrogen-bond donors (Lipinski definition) is 1. The highest BCUT2D eigenvalue weighted by molar-refractivity contribution is 5.90. The van der Waals surface area contributed by atoms with E-state index in [-0.39, 0.29) is 12.2 Å². The van der Waals surface area contributed by atoms with Crippen LogP contribution in [-0.4, -0.2) is 25.5 Å². The summed E-state index contributed by atoms with van der Waals surface area (Å²) in [5.41, 5.74) is -0.682. The van der Waals surface area contributed by atoms with Gasteiger partial charge in [-0.25, -0.2) is 22.0 Å². The van der Waals surface area contributed by atoms with Crippen molar-refractivity contribution in [1.29, 1.82) is 0 Å². The maximum atomic E-state index is 13.2. The molecular weight excluding hydrogens is 385 g/mol. The van der Waals surface area contributed by atoms with Crippen molar-refractivity contribution in [1.82, 2.24) is 19.6 Å². The quantitative estimate of drug-likeness (QED) is 0.615. The van der Waals surface area contributed by atoms with E-state index in [2.05, 4.69) is 15.5 Å². The molecule has 148 valence electrons. The maximum Gasteiger partial charge on any atom is 0.282 e. The van der Waals surface area contributed by atoms with Gasteiger partial charge in [-0.3, -0.25) is 14.2 Å². The van der Waals surface area contributed by atoms with Crippen LogP contribution in [0.4, 0.5) is 27.6 Å². The van der Waals surface area contributed by atoms with Crippen molar-refractivity contribution in [2.24, 2.45) is 0 Å². The van der Waals surface area contributed by atoms with Crippen LogP contribution in [0.25, 0.3) is 0 Å². The second-order valence-electron chi connectivity index (χ2n) is 5.86. The molecule has 28 heavy (non-hydrogen) atoms. The SMILES string of the molecule is O=C(Cn1nc(C(F)F)cc1C(F)F)Nc1cnn(Cc2cccc(F)c2)c1. The molecule has 11 heteroatoms. The summed E-state index contributed by atoms with van der Waals surface area (Å²) in [6.07, 6.45) is -3.30. The largest absolute Gasteiger partial charge is 0.322 e. The molecule has 0 saturated heterocycles. The van der Waals surface area contributed by atoms with Crippen molar-refractivity contribution in [2.45, 2.75) is 25.9 Å². The Bertz CT molecular complexity index is 969. The number of carbonyl (C=O) groups is 1. The van der Waals surface area contributed by atoms with Crippen molar-refractivity contribution in [3.05, 3.63) is 65.5 Å². The van der Waals surface area contributed by atoms with Crippen LogP contribution < -0.4 is 5.32 Å². The molecule has 0 spiro atoms. The number of nitrogens with one attached hydrogen (secondary N) is 1. The van der Waals surface area contributed by atoms with Crippen LogP contribution in [0, 0.1) is 5.82 Å². The van der Waals surface area contributed by atoms with Gasteiger partial charge in [0, 0.05) is 6.20 Å². The van der Waals surface area contributed by atoms with Gasteiger partial charge in [-0.05, 0) is 23.8 Å². The first-order valence-electron chi connectivity index (χ1n) is 8.02. The van der Waals surface area contributed by atoms with E-state index in [1.807, 2.05) is 0 Å². The third kappa shape index (κ3) is 4.72. The monoisotopic (exact) mass is 399 g/mol. The number of rotatable bonds is 7. The van der Waals surface area contributed by atoms with Gasteiger partial charge in [0.15, 0.2) is 0 Å². The van der Waals surface area contributed by atoms with Crippen LogP contribution in [0.3, 0.4) is 0 Å². The van der Waals surface area contributed by atoms with Crippen molar-refractivity contribution in [2.75, 3.05) is 5.32 Å². The van der Waals surface area contributed by atoms with E-state index in [1.54, 1.807) is 12.1 Å². The predicted octanol–water partition coefficient (Wildman–Crippen LogP) is 3.78. The number of amides is 1. The van der Waals surface area contributed by atoms with Gasteiger partial charge in [-0.15, -0.1) is 0 Å². The third-order valence-corrected chi connectivity index (χ3v) is 3.72. The lowest BCUT2D eigenvalue weighted by Gasteiger charge is -2.06. The van der Waals surface area contributed by atoms with Crippen LogP contribution in [0.1, 0.15) is 29.8 Å². The van der Waals surface area contributed by atoms with Gasteiger partial charge in [0.05, 0.1) is 18.4 Å².